The standard InChI is InChI=1S/C19H26N2/c1-12-7-13(2)18(14(3)8-12)11-19(20-6)17-9-15(4)21-16(5)10-17/h7-10,19-20H,11H2,1-6H3. The van der Waals surface area contributed by atoms with E-state index in [-0.39, 0.29) is 0 Å². The van der Waals surface area contributed by atoms with Crippen LogP contribution in [0.4, 0.5) is 0 Å². The van der Waals surface area contributed by atoms with Gasteiger partial charge in [0.1, 0.15) is 0 Å². The van der Waals surface area contributed by atoms with Crippen molar-refractivity contribution >= 4 is 0 Å². The normalized spacial score (nSPS) is 12.5. The highest BCUT2D eigenvalue weighted by Crippen LogP contribution is 2.24. The van der Waals surface area contributed by atoms with Crippen molar-refractivity contribution in [2.24, 2.45) is 0 Å². The lowest BCUT2D eigenvalue weighted by Gasteiger charge is -2.21. The highest BCUT2D eigenvalue weighted by atomic mass is 14.9. The van der Waals surface area contributed by atoms with Crippen LogP contribution in [-0.4, -0.2) is 12.0 Å². The number of pyridine rings is 1. The molecule has 0 aliphatic heterocycles. The minimum atomic E-state index is 0.325. The van der Waals surface area contributed by atoms with Crippen LogP contribution >= 0.6 is 0 Å². The Morgan fingerprint density at radius 2 is 1.43 bits per heavy atom. The molecule has 0 saturated carbocycles. The van der Waals surface area contributed by atoms with Crippen LogP contribution in [0.5, 0.6) is 0 Å². The molecule has 0 aliphatic rings. The second-order valence-electron chi connectivity index (χ2n) is 6.11. The first kappa shape index (κ1) is 15.7. The maximum Gasteiger partial charge on any atom is 0.0379 e. The molecular weight excluding hydrogens is 256 g/mol. The van der Waals surface area contributed by atoms with Gasteiger partial charge in [-0.1, -0.05) is 17.7 Å². The Balaban J connectivity index is 2.35. The maximum absolute atomic E-state index is 4.48. The molecule has 0 bridgehead atoms. The number of aryl methyl sites for hydroxylation is 5. The van der Waals surface area contributed by atoms with Crippen LogP contribution in [0.15, 0.2) is 24.3 Å². The van der Waals surface area contributed by atoms with E-state index in [1.165, 1.54) is 27.8 Å². The first-order valence-electron chi connectivity index (χ1n) is 7.60. The fourth-order valence-corrected chi connectivity index (χ4v) is 3.19. The molecule has 0 amide bonds. The molecule has 1 aromatic carbocycles. The van der Waals surface area contributed by atoms with Crippen LogP contribution < -0.4 is 5.32 Å². The van der Waals surface area contributed by atoms with Crippen LogP contribution in [-0.2, 0) is 6.42 Å². The summed E-state index contributed by atoms with van der Waals surface area (Å²) in [6.45, 7) is 10.7. The third kappa shape index (κ3) is 3.70. The van der Waals surface area contributed by atoms with Gasteiger partial charge in [-0.25, -0.2) is 0 Å². The lowest BCUT2D eigenvalue weighted by Crippen LogP contribution is -2.20. The molecule has 2 heteroatoms. The van der Waals surface area contributed by atoms with Crippen molar-refractivity contribution in [1.82, 2.24) is 10.3 Å². The van der Waals surface area contributed by atoms with E-state index < -0.39 is 0 Å². The van der Waals surface area contributed by atoms with Gasteiger partial charge in [0.15, 0.2) is 0 Å². The summed E-state index contributed by atoms with van der Waals surface area (Å²) in [4.78, 5) is 4.48. The highest BCUT2D eigenvalue weighted by Gasteiger charge is 2.14. The van der Waals surface area contributed by atoms with E-state index in [0.29, 0.717) is 6.04 Å². The molecular formula is C19H26N2. The molecule has 1 N–H and O–H groups in total. The van der Waals surface area contributed by atoms with E-state index in [4.69, 9.17) is 0 Å². The smallest absolute Gasteiger partial charge is 0.0379 e. The van der Waals surface area contributed by atoms with Crippen LogP contribution in [0.3, 0.4) is 0 Å². The molecule has 0 fully saturated rings. The topological polar surface area (TPSA) is 24.9 Å². The SMILES string of the molecule is CNC(Cc1c(C)cc(C)cc1C)c1cc(C)nc(C)c1. The number of hydrogen-bond donors (Lipinski definition) is 1. The fourth-order valence-electron chi connectivity index (χ4n) is 3.19. The monoisotopic (exact) mass is 282 g/mol. The summed E-state index contributed by atoms with van der Waals surface area (Å²) in [5.74, 6) is 0. The average Bonchev–Trinajstić information content (AvgIpc) is 2.36. The van der Waals surface area contributed by atoms with Crippen molar-refractivity contribution in [3.8, 4) is 0 Å². The predicted molar refractivity (Wildman–Crippen MR) is 89.9 cm³/mol. The minimum absolute atomic E-state index is 0.325. The van der Waals surface area contributed by atoms with Gasteiger partial charge in [-0.2, -0.15) is 0 Å². The zero-order valence-electron chi connectivity index (χ0n) is 14.0. The Bertz CT molecular complexity index is 601. The first-order chi connectivity index (χ1) is 9.90. The molecule has 1 atom stereocenters. The lowest BCUT2D eigenvalue weighted by atomic mass is 9.91. The van der Waals surface area contributed by atoms with Crippen LogP contribution in [0, 0.1) is 34.6 Å². The molecule has 2 nitrogen and oxygen atoms in total. The van der Waals surface area contributed by atoms with Crippen molar-refractivity contribution in [3.05, 3.63) is 63.5 Å². The predicted octanol–water partition coefficient (Wildman–Crippen LogP) is 4.13. The molecule has 0 saturated heterocycles. The zero-order valence-corrected chi connectivity index (χ0v) is 14.0. The van der Waals surface area contributed by atoms with Crippen molar-refractivity contribution < 1.29 is 0 Å². The number of hydrogen-bond acceptors (Lipinski definition) is 2. The van der Waals surface area contributed by atoms with Gasteiger partial charge in [0, 0.05) is 17.4 Å². The fraction of sp³-hybridized carbons (Fsp3) is 0.421. The number of rotatable bonds is 4. The summed E-state index contributed by atoms with van der Waals surface area (Å²) in [5.41, 5.74) is 9.05. The second-order valence-corrected chi connectivity index (χ2v) is 6.11. The summed E-state index contributed by atoms with van der Waals surface area (Å²) in [6.07, 6.45) is 1.01. The van der Waals surface area contributed by atoms with Crippen molar-refractivity contribution in [2.45, 2.75) is 47.1 Å². The molecule has 0 spiro atoms. The van der Waals surface area contributed by atoms with E-state index in [0.717, 1.165) is 17.8 Å². The summed E-state index contributed by atoms with van der Waals surface area (Å²) in [5, 5.41) is 3.46. The van der Waals surface area contributed by atoms with Gasteiger partial charge in [0.25, 0.3) is 0 Å². The Morgan fingerprint density at radius 1 is 0.905 bits per heavy atom. The molecule has 2 rings (SSSR count). The summed E-state index contributed by atoms with van der Waals surface area (Å²) in [7, 11) is 2.04. The number of aromatic nitrogens is 1. The maximum atomic E-state index is 4.48. The van der Waals surface area contributed by atoms with E-state index in [1.54, 1.807) is 0 Å². The largest absolute Gasteiger partial charge is 0.313 e. The molecule has 2 aromatic rings. The quantitative estimate of drug-likeness (QED) is 0.912. The third-order valence-electron chi connectivity index (χ3n) is 4.10. The molecule has 1 aromatic heterocycles. The van der Waals surface area contributed by atoms with E-state index in [9.17, 15) is 0 Å². The third-order valence-corrected chi connectivity index (χ3v) is 4.10. The van der Waals surface area contributed by atoms with Gasteiger partial charge in [0.05, 0.1) is 0 Å². The zero-order chi connectivity index (χ0) is 15.6. The van der Waals surface area contributed by atoms with Crippen LogP contribution in [0.25, 0.3) is 0 Å². The van der Waals surface area contributed by atoms with Crippen molar-refractivity contribution in [2.75, 3.05) is 7.05 Å². The van der Waals surface area contributed by atoms with E-state index in [2.05, 4.69) is 69.2 Å². The summed E-state index contributed by atoms with van der Waals surface area (Å²) >= 11 is 0. The average molecular weight is 282 g/mol. The number of likely N-dealkylation sites (N-methyl/N-ethyl adjacent to an activating group) is 1. The summed E-state index contributed by atoms with van der Waals surface area (Å²) in [6, 6.07) is 9.25. The molecule has 1 unspecified atom stereocenters. The molecule has 112 valence electrons. The number of nitrogens with one attached hydrogen (secondary N) is 1. The minimum Gasteiger partial charge on any atom is -0.313 e. The lowest BCUT2D eigenvalue weighted by molar-refractivity contribution is 0.587. The number of benzene rings is 1. The van der Waals surface area contributed by atoms with Gasteiger partial charge in [0.2, 0.25) is 0 Å². The Hall–Kier alpha value is -1.67. The van der Waals surface area contributed by atoms with Crippen LogP contribution in [0.2, 0.25) is 0 Å². The molecule has 1 heterocycles. The van der Waals surface area contributed by atoms with Crippen molar-refractivity contribution in [3.63, 3.8) is 0 Å². The highest BCUT2D eigenvalue weighted by molar-refractivity contribution is 5.39. The summed E-state index contributed by atoms with van der Waals surface area (Å²) < 4.78 is 0. The molecule has 21 heavy (non-hydrogen) atoms. The molecule has 0 aliphatic carbocycles. The van der Waals surface area contributed by atoms with Crippen LogP contribution in [0.1, 0.15) is 45.2 Å². The van der Waals surface area contributed by atoms with Gasteiger partial charge in [-0.3, -0.25) is 4.98 Å². The van der Waals surface area contributed by atoms with Crippen molar-refractivity contribution in [1.29, 1.82) is 0 Å². The first-order valence-corrected chi connectivity index (χ1v) is 7.60. The second kappa shape index (κ2) is 6.40. The van der Waals surface area contributed by atoms with E-state index >= 15 is 0 Å². The Morgan fingerprint density at radius 3 is 1.90 bits per heavy atom. The van der Waals surface area contributed by atoms with E-state index in [1.807, 2.05) is 7.05 Å². The Kier molecular flexibility index (Phi) is 4.79. The van der Waals surface area contributed by atoms with Gasteiger partial charge >= 0.3 is 0 Å². The van der Waals surface area contributed by atoms with Gasteiger partial charge in [-0.15, -0.1) is 0 Å². The van der Waals surface area contributed by atoms with Gasteiger partial charge < -0.3 is 5.32 Å². The Labute approximate surface area is 128 Å². The number of nitrogens with zero attached hydrogens (tertiary/aromatic N) is 1. The van der Waals surface area contributed by atoms with Gasteiger partial charge in [-0.05, 0) is 82.5 Å². The molecule has 0 radical (unpaired) electrons.